The SMILES string of the molecule is CC1=Cc2ccc3c(oc4ccccc43)c2C2C=C(c3ccc(C)cc3)C=CN12. The summed E-state index contributed by atoms with van der Waals surface area (Å²) < 4.78 is 6.38. The van der Waals surface area contributed by atoms with Crippen molar-refractivity contribution in [3.8, 4) is 0 Å². The minimum Gasteiger partial charge on any atom is -0.456 e. The number of fused-ring (bicyclic) bond motifs is 7. The van der Waals surface area contributed by atoms with Crippen LogP contribution in [0.25, 0.3) is 33.6 Å². The first kappa shape index (κ1) is 16.4. The fourth-order valence-electron chi connectivity index (χ4n) is 4.61. The van der Waals surface area contributed by atoms with Crippen molar-refractivity contribution in [3.63, 3.8) is 0 Å². The summed E-state index contributed by atoms with van der Waals surface area (Å²) in [5.74, 6) is 0. The second-order valence-corrected chi connectivity index (χ2v) is 7.98. The molecule has 2 aliphatic rings. The van der Waals surface area contributed by atoms with Crippen molar-refractivity contribution in [2.75, 3.05) is 0 Å². The number of hydrogen-bond acceptors (Lipinski definition) is 2. The summed E-state index contributed by atoms with van der Waals surface area (Å²) in [5, 5.41) is 2.37. The monoisotopic (exact) mass is 375 g/mol. The van der Waals surface area contributed by atoms with Crippen molar-refractivity contribution in [1.82, 2.24) is 4.90 Å². The molecular weight excluding hydrogens is 354 g/mol. The van der Waals surface area contributed by atoms with Gasteiger partial charge in [-0.25, -0.2) is 0 Å². The van der Waals surface area contributed by atoms with Crippen LogP contribution in [-0.2, 0) is 0 Å². The fourth-order valence-corrected chi connectivity index (χ4v) is 4.61. The van der Waals surface area contributed by atoms with Crippen LogP contribution in [0.3, 0.4) is 0 Å². The molecule has 2 heteroatoms. The van der Waals surface area contributed by atoms with Crippen LogP contribution in [0, 0.1) is 6.92 Å². The molecule has 3 aromatic carbocycles. The Morgan fingerprint density at radius 2 is 1.69 bits per heavy atom. The lowest BCUT2D eigenvalue weighted by Gasteiger charge is -2.37. The molecule has 29 heavy (non-hydrogen) atoms. The molecular formula is C27H21NO. The maximum Gasteiger partial charge on any atom is 0.141 e. The second kappa shape index (κ2) is 5.99. The Morgan fingerprint density at radius 1 is 0.862 bits per heavy atom. The summed E-state index contributed by atoms with van der Waals surface area (Å²) in [6.07, 6.45) is 9.04. The molecule has 3 heterocycles. The summed E-state index contributed by atoms with van der Waals surface area (Å²) in [7, 11) is 0. The number of rotatable bonds is 1. The Morgan fingerprint density at radius 3 is 2.55 bits per heavy atom. The third kappa shape index (κ3) is 2.42. The van der Waals surface area contributed by atoms with Gasteiger partial charge in [0.25, 0.3) is 0 Å². The van der Waals surface area contributed by atoms with Crippen LogP contribution in [0.1, 0.15) is 35.2 Å². The van der Waals surface area contributed by atoms with Gasteiger partial charge in [0.2, 0.25) is 0 Å². The van der Waals surface area contributed by atoms with Crippen LogP contribution in [0.15, 0.2) is 89.1 Å². The van der Waals surface area contributed by atoms with Crippen molar-refractivity contribution >= 4 is 33.6 Å². The van der Waals surface area contributed by atoms with Crippen molar-refractivity contribution in [2.45, 2.75) is 19.9 Å². The van der Waals surface area contributed by atoms with Crippen molar-refractivity contribution in [1.29, 1.82) is 0 Å². The van der Waals surface area contributed by atoms with E-state index >= 15 is 0 Å². The highest BCUT2D eigenvalue weighted by Crippen LogP contribution is 2.45. The number of benzene rings is 3. The van der Waals surface area contributed by atoms with E-state index in [1.165, 1.54) is 44.3 Å². The number of nitrogens with zero attached hydrogens (tertiary/aromatic N) is 1. The Balaban J connectivity index is 1.60. The van der Waals surface area contributed by atoms with Crippen molar-refractivity contribution in [3.05, 3.63) is 107 Å². The summed E-state index contributed by atoms with van der Waals surface area (Å²) in [5.41, 5.74) is 9.45. The zero-order valence-corrected chi connectivity index (χ0v) is 16.5. The quantitative estimate of drug-likeness (QED) is 0.349. The molecule has 0 saturated heterocycles. The standard InChI is InChI=1S/C27H21NO/c1-17-7-9-19(10-8-17)20-13-14-28-18(2)15-21-11-12-23-22-5-3-4-6-25(22)29-27(23)26(21)24(28)16-20/h3-16,24H,1-2H3. The topological polar surface area (TPSA) is 16.4 Å². The molecule has 0 fully saturated rings. The van der Waals surface area contributed by atoms with Crippen LogP contribution >= 0.6 is 0 Å². The molecule has 0 bridgehead atoms. The van der Waals surface area contributed by atoms with Crippen molar-refractivity contribution in [2.24, 2.45) is 0 Å². The highest BCUT2D eigenvalue weighted by Gasteiger charge is 2.30. The van der Waals surface area contributed by atoms with Gasteiger partial charge in [-0.2, -0.15) is 0 Å². The first-order valence-electron chi connectivity index (χ1n) is 10.1. The van der Waals surface area contributed by atoms with E-state index in [0.717, 1.165) is 11.2 Å². The summed E-state index contributed by atoms with van der Waals surface area (Å²) in [4.78, 5) is 2.34. The average molecular weight is 375 g/mol. The normalized spacial score (nSPS) is 17.9. The molecule has 0 radical (unpaired) electrons. The van der Waals surface area contributed by atoms with E-state index in [9.17, 15) is 0 Å². The fraction of sp³-hybridized carbons (Fsp3) is 0.111. The van der Waals surface area contributed by atoms with Crippen molar-refractivity contribution < 1.29 is 4.42 Å². The summed E-state index contributed by atoms with van der Waals surface area (Å²) in [6.45, 7) is 4.30. The molecule has 140 valence electrons. The number of aryl methyl sites for hydroxylation is 1. The first-order chi connectivity index (χ1) is 14.2. The number of para-hydroxylation sites is 1. The van der Waals surface area contributed by atoms with Gasteiger partial charge in [-0.3, -0.25) is 0 Å². The van der Waals surface area contributed by atoms with Gasteiger partial charge in [0, 0.05) is 28.2 Å². The number of furan rings is 1. The molecule has 0 spiro atoms. The summed E-state index contributed by atoms with van der Waals surface area (Å²) in [6, 6.07) is 21.6. The second-order valence-electron chi connectivity index (χ2n) is 7.98. The highest BCUT2D eigenvalue weighted by molar-refractivity contribution is 6.07. The smallest absolute Gasteiger partial charge is 0.141 e. The van der Waals surface area contributed by atoms with E-state index in [2.05, 4.69) is 97.8 Å². The molecule has 0 saturated carbocycles. The Hall–Kier alpha value is -3.52. The van der Waals surface area contributed by atoms with E-state index in [1.54, 1.807) is 0 Å². The van der Waals surface area contributed by atoms with Gasteiger partial charge in [-0.05, 0) is 60.9 Å². The minimum absolute atomic E-state index is 0.126. The Kier molecular flexibility index (Phi) is 3.39. The van der Waals surface area contributed by atoms with Gasteiger partial charge in [-0.15, -0.1) is 0 Å². The minimum atomic E-state index is 0.126. The van der Waals surface area contributed by atoms with Gasteiger partial charge in [-0.1, -0.05) is 54.1 Å². The lowest BCUT2D eigenvalue weighted by Crippen LogP contribution is -2.26. The van der Waals surface area contributed by atoms with Crippen LogP contribution in [0.5, 0.6) is 0 Å². The van der Waals surface area contributed by atoms with E-state index in [1.807, 2.05) is 6.07 Å². The number of hydrogen-bond donors (Lipinski definition) is 0. The number of allylic oxidation sites excluding steroid dienone is 3. The van der Waals surface area contributed by atoms with E-state index in [-0.39, 0.29) is 6.04 Å². The van der Waals surface area contributed by atoms with Crippen LogP contribution in [-0.4, -0.2) is 4.90 Å². The largest absolute Gasteiger partial charge is 0.456 e. The third-order valence-electron chi connectivity index (χ3n) is 6.12. The molecule has 1 atom stereocenters. The molecule has 0 N–H and O–H groups in total. The molecule has 2 aliphatic heterocycles. The van der Waals surface area contributed by atoms with Crippen LogP contribution in [0.2, 0.25) is 0 Å². The van der Waals surface area contributed by atoms with Crippen LogP contribution < -0.4 is 0 Å². The van der Waals surface area contributed by atoms with E-state index < -0.39 is 0 Å². The predicted octanol–water partition coefficient (Wildman–Crippen LogP) is 7.22. The van der Waals surface area contributed by atoms with Gasteiger partial charge in [0.15, 0.2) is 0 Å². The first-order valence-corrected chi connectivity index (χ1v) is 10.1. The highest BCUT2D eigenvalue weighted by atomic mass is 16.3. The van der Waals surface area contributed by atoms with Gasteiger partial charge in [0.05, 0.1) is 6.04 Å². The summed E-state index contributed by atoms with van der Waals surface area (Å²) >= 11 is 0. The molecule has 0 amide bonds. The molecule has 1 unspecified atom stereocenters. The predicted molar refractivity (Wildman–Crippen MR) is 120 cm³/mol. The van der Waals surface area contributed by atoms with Crippen LogP contribution in [0.4, 0.5) is 0 Å². The Labute approximate surface area is 170 Å². The van der Waals surface area contributed by atoms with Gasteiger partial charge in [0.1, 0.15) is 11.2 Å². The van der Waals surface area contributed by atoms with Gasteiger partial charge < -0.3 is 9.32 Å². The Bertz CT molecular complexity index is 1370. The van der Waals surface area contributed by atoms with Gasteiger partial charge >= 0.3 is 0 Å². The molecule has 0 aliphatic carbocycles. The zero-order chi connectivity index (χ0) is 19.5. The van der Waals surface area contributed by atoms with E-state index in [4.69, 9.17) is 4.42 Å². The molecule has 2 nitrogen and oxygen atoms in total. The maximum atomic E-state index is 6.38. The maximum absolute atomic E-state index is 6.38. The zero-order valence-electron chi connectivity index (χ0n) is 16.5. The lowest BCUT2D eigenvalue weighted by atomic mass is 9.88. The molecule has 4 aromatic rings. The van der Waals surface area contributed by atoms with E-state index in [0.29, 0.717) is 0 Å². The average Bonchev–Trinajstić information content (AvgIpc) is 3.12. The molecule has 6 rings (SSSR count). The molecule has 1 aromatic heterocycles. The third-order valence-corrected chi connectivity index (χ3v) is 6.12. The lowest BCUT2D eigenvalue weighted by molar-refractivity contribution is 0.396.